The summed E-state index contributed by atoms with van der Waals surface area (Å²) in [5, 5.41) is 3.65. The van der Waals surface area contributed by atoms with Gasteiger partial charge in [-0.1, -0.05) is 17.7 Å². The third kappa shape index (κ3) is 4.20. The highest BCUT2D eigenvalue weighted by atomic mass is 35.5. The molecule has 2 rings (SSSR count). The lowest BCUT2D eigenvalue weighted by Gasteiger charge is -2.27. The highest BCUT2D eigenvalue weighted by Gasteiger charge is 2.20. The van der Waals surface area contributed by atoms with Gasteiger partial charge in [0, 0.05) is 10.7 Å². The molecule has 0 saturated carbocycles. The Balaban J connectivity index is 1.79. The second-order valence-electron chi connectivity index (χ2n) is 5.67. The Bertz CT molecular complexity index is 470. The number of anilines is 1. The molecule has 0 spiro atoms. The Kier molecular flexibility index (Phi) is 5.40. The van der Waals surface area contributed by atoms with Crippen LogP contribution in [0.1, 0.15) is 12.0 Å². The van der Waals surface area contributed by atoms with Crippen LogP contribution in [0.2, 0.25) is 5.02 Å². The van der Waals surface area contributed by atoms with Gasteiger partial charge in [0.05, 0.1) is 20.0 Å². The van der Waals surface area contributed by atoms with Gasteiger partial charge in [-0.05, 0) is 24.6 Å². The maximum absolute atomic E-state index is 12.0. The Labute approximate surface area is 125 Å². The van der Waals surface area contributed by atoms with Crippen LogP contribution in [-0.2, 0) is 4.79 Å². The van der Waals surface area contributed by atoms with Crippen molar-refractivity contribution in [2.45, 2.75) is 13.3 Å². The van der Waals surface area contributed by atoms with Gasteiger partial charge < -0.3 is 15.1 Å². The number of carbonyl (C=O) groups excluding carboxylic acids is 1. The van der Waals surface area contributed by atoms with Crippen LogP contribution in [0.15, 0.2) is 18.2 Å². The molecule has 1 fully saturated rings. The number of hydrogen-bond acceptors (Lipinski definition) is 1. The molecule has 1 saturated heterocycles. The molecule has 0 unspecified atom stereocenters. The van der Waals surface area contributed by atoms with E-state index in [9.17, 15) is 4.79 Å². The van der Waals surface area contributed by atoms with Crippen molar-refractivity contribution >= 4 is 23.2 Å². The van der Waals surface area contributed by atoms with E-state index in [2.05, 4.69) is 12.4 Å². The quantitative estimate of drug-likeness (QED) is 0.682. The number of hydrogen-bond donors (Lipinski definition) is 3. The average molecular weight is 298 g/mol. The topological polar surface area (TPSA) is 38.0 Å². The monoisotopic (exact) mass is 297 g/mol. The lowest BCUT2D eigenvalue weighted by Crippen LogP contribution is -3.27. The largest absolute Gasteiger partial charge is 0.328 e. The van der Waals surface area contributed by atoms with Crippen molar-refractivity contribution in [3.8, 4) is 0 Å². The number of benzene rings is 1. The number of amides is 1. The van der Waals surface area contributed by atoms with Gasteiger partial charge in [0.2, 0.25) is 5.91 Å². The van der Waals surface area contributed by atoms with Gasteiger partial charge in [0.25, 0.3) is 0 Å². The molecule has 20 heavy (non-hydrogen) atoms. The molecule has 3 N–H and O–H groups in total. The first-order chi connectivity index (χ1) is 9.56. The standard InChI is InChI=1S/C15H22ClN3O/c1-12-13(16)4-3-5-14(12)17-15(20)6-7-19-10-8-18(2)9-11-19/h3-5H,6-11H2,1-2H3,(H,17,20)/p+2. The normalized spacial score (nSPS) is 22.6. The van der Waals surface area contributed by atoms with Gasteiger partial charge >= 0.3 is 0 Å². The van der Waals surface area contributed by atoms with Gasteiger partial charge in [-0.25, -0.2) is 0 Å². The molecular formula is C15H24ClN3O+2. The van der Waals surface area contributed by atoms with E-state index in [1.165, 1.54) is 18.0 Å². The van der Waals surface area contributed by atoms with E-state index in [1.807, 2.05) is 25.1 Å². The molecule has 1 aromatic rings. The third-order valence-electron chi connectivity index (χ3n) is 4.06. The van der Waals surface area contributed by atoms with Crippen molar-refractivity contribution in [2.24, 2.45) is 0 Å². The van der Waals surface area contributed by atoms with E-state index in [0.29, 0.717) is 11.4 Å². The molecule has 0 bridgehead atoms. The van der Waals surface area contributed by atoms with Crippen LogP contribution < -0.4 is 15.1 Å². The zero-order valence-electron chi connectivity index (χ0n) is 12.3. The lowest BCUT2D eigenvalue weighted by molar-refractivity contribution is -1.00. The summed E-state index contributed by atoms with van der Waals surface area (Å²) in [6.45, 7) is 7.56. The van der Waals surface area contributed by atoms with E-state index in [4.69, 9.17) is 11.6 Å². The number of quaternary nitrogens is 2. The summed E-state index contributed by atoms with van der Waals surface area (Å²) in [5.74, 6) is 0.0779. The SMILES string of the molecule is Cc1c(Cl)cccc1NC(=O)CC[NH+]1CC[NH+](C)CC1. The Morgan fingerprint density at radius 2 is 2.00 bits per heavy atom. The molecule has 0 aromatic heterocycles. The molecule has 1 heterocycles. The average Bonchev–Trinajstić information content (AvgIpc) is 2.43. The number of piperazine rings is 1. The first-order valence-electron chi connectivity index (χ1n) is 7.26. The van der Waals surface area contributed by atoms with Crippen LogP contribution in [-0.4, -0.2) is 45.7 Å². The Morgan fingerprint density at radius 3 is 2.70 bits per heavy atom. The van der Waals surface area contributed by atoms with Crippen molar-refractivity contribution in [3.05, 3.63) is 28.8 Å². The second-order valence-corrected chi connectivity index (χ2v) is 6.07. The van der Waals surface area contributed by atoms with Crippen LogP contribution in [0.3, 0.4) is 0 Å². The molecule has 0 radical (unpaired) electrons. The summed E-state index contributed by atoms with van der Waals surface area (Å²) in [5.41, 5.74) is 1.75. The number of likely N-dealkylation sites (N-methyl/N-ethyl adjacent to an activating group) is 1. The zero-order valence-corrected chi connectivity index (χ0v) is 13.0. The minimum Gasteiger partial charge on any atom is -0.328 e. The molecule has 0 atom stereocenters. The summed E-state index contributed by atoms with van der Waals surface area (Å²) >= 11 is 6.05. The fourth-order valence-electron chi connectivity index (χ4n) is 2.53. The van der Waals surface area contributed by atoms with Gasteiger partial charge in [-0.15, -0.1) is 0 Å². The minimum atomic E-state index is 0.0779. The summed E-state index contributed by atoms with van der Waals surface area (Å²) in [6.07, 6.45) is 0.570. The molecule has 0 aliphatic carbocycles. The van der Waals surface area contributed by atoms with Gasteiger partial charge in [-0.2, -0.15) is 0 Å². The van der Waals surface area contributed by atoms with Crippen LogP contribution in [0.25, 0.3) is 0 Å². The van der Waals surface area contributed by atoms with Crippen LogP contribution in [0, 0.1) is 6.92 Å². The molecule has 110 valence electrons. The molecule has 1 aliphatic rings. The maximum atomic E-state index is 12.0. The smallest absolute Gasteiger partial charge is 0.230 e. The number of nitrogens with one attached hydrogen (secondary N) is 3. The van der Waals surface area contributed by atoms with E-state index >= 15 is 0 Å². The van der Waals surface area contributed by atoms with Crippen LogP contribution in [0.5, 0.6) is 0 Å². The third-order valence-corrected chi connectivity index (χ3v) is 4.47. The molecule has 1 amide bonds. The van der Waals surface area contributed by atoms with E-state index < -0.39 is 0 Å². The van der Waals surface area contributed by atoms with Crippen LogP contribution >= 0.6 is 11.6 Å². The fourth-order valence-corrected chi connectivity index (χ4v) is 2.70. The summed E-state index contributed by atoms with van der Waals surface area (Å²) in [4.78, 5) is 15.1. The highest BCUT2D eigenvalue weighted by molar-refractivity contribution is 6.31. The Morgan fingerprint density at radius 1 is 1.30 bits per heavy atom. The maximum Gasteiger partial charge on any atom is 0.230 e. The first-order valence-corrected chi connectivity index (χ1v) is 7.64. The molecule has 1 aliphatic heterocycles. The molecule has 4 nitrogen and oxygen atoms in total. The predicted molar refractivity (Wildman–Crippen MR) is 81.6 cm³/mol. The van der Waals surface area contributed by atoms with E-state index in [-0.39, 0.29) is 5.91 Å². The van der Waals surface area contributed by atoms with Crippen molar-refractivity contribution in [1.82, 2.24) is 0 Å². The van der Waals surface area contributed by atoms with Gasteiger partial charge in [0.1, 0.15) is 26.2 Å². The number of rotatable bonds is 4. The fraction of sp³-hybridized carbons (Fsp3) is 0.533. The van der Waals surface area contributed by atoms with Gasteiger partial charge in [0.15, 0.2) is 0 Å². The number of halogens is 1. The summed E-state index contributed by atoms with van der Waals surface area (Å²) in [7, 11) is 2.23. The van der Waals surface area contributed by atoms with Crippen molar-refractivity contribution in [1.29, 1.82) is 0 Å². The van der Waals surface area contributed by atoms with Gasteiger partial charge in [-0.3, -0.25) is 4.79 Å². The lowest BCUT2D eigenvalue weighted by atomic mass is 10.2. The van der Waals surface area contributed by atoms with Crippen molar-refractivity contribution < 1.29 is 14.6 Å². The zero-order chi connectivity index (χ0) is 14.5. The van der Waals surface area contributed by atoms with Crippen molar-refractivity contribution in [2.75, 3.05) is 45.1 Å². The molecular weight excluding hydrogens is 274 g/mol. The first kappa shape index (κ1) is 15.3. The second kappa shape index (κ2) is 7.07. The summed E-state index contributed by atoms with van der Waals surface area (Å²) in [6, 6.07) is 5.59. The Hall–Kier alpha value is -1.10. The predicted octanol–water partition coefficient (Wildman–Crippen LogP) is -0.610. The molecule has 1 aromatic carbocycles. The molecule has 5 heteroatoms. The highest BCUT2D eigenvalue weighted by Crippen LogP contribution is 2.22. The summed E-state index contributed by atoms with van der Waals surface area (Å²) < 4.78 is 0. The van der Waals surface area contributed by atoms with Crippen molar-refractivity contribution in [3.63, 3.8) is 0 Å². The van der Waals surface area contributed by atoms with E-state index in [1.54, 1.807) is 4.90 Å². The number of carbonyl (C=O) groups is 1. The minimum absolute atomic E-state index is 0.0779. The van der Waals surface area contributed by atoms with Crippen LogP contribution in [0.4, 0.5) is 5.69 Å². The van der Waals surface area contributed by atoms with E-state index in [0.717, 1.165) is 30.9 Å².